The van der Waals surface area contributed by atoms with Crippen LogP contribution in [0, 0.1) is 0 Å². The number of carbonyl (C=O) groups is 3. The smallest absolute Gasteiger partial charge is 0.337 e. The number of amides is 1. The fraction of sp³-hybridized carbons (Fsp3) is 0.304. The maximum atomic E-state index is 12.8. The molecule has 1 aliphatic heterocycles. The van der Waals surface area contributed by atoms with E-state index in [0.29, 0.717) is 17.7 Å². The molecule has 0 aromatic heterocycles. The molecule has 1 aliphatic rings. The summed E-state index contributed by atoms with van der Waals surface area (Å²) in [5, 5.41) is 5.95. The van der Waals surface area contributed by atoms with E-state index in [0.717, 1.165) is 16.0 Å². The van der Waals surface area contributed by atoms with Gasteiger partial charge in [0.25, 0.3) is 0 Å². The van der Waals surface area contributed by atoms with Gasteiger partial charge < -0.3 is 14.4 Å². The minimum Gasteiger partial charge on any atom is -0.465 e. The van der Waals surface area contributed by atoms with E-state index in [2.05, 4.69) is 18.9 Å². The van der Waals surface area contributed by atoms with Crippen molar-refractivity contribution in [1.82, 2.24) is 5.01 Å². The van der Waals surface area contributed by atoms with Crippen molar-refractivity contribution in [2.75, 3.05) is 20.8 Å². The molecule has 2 aromatic rings. The summed E-state index contributed by atoms with van der Waals surface area (Å²) in [5.41, 5.74) is 2.51. The van der Waals surface area contributed by atoms with E-state index < -0.39 is 11.9 Å². The summed E-state index contributed by atoms with van der Waals surface area (Å²) in [4.78, 5) is 37.1. The van der Waals surface area contributed by atoms with E-state index in [4.69, 9.17) is 9.47 Å². The average molecular weight is 424 g/mol. The topological polar surface area (TPSA) is 89.7 Å². The van der Waals surface area contributed by atoms with E-state index in [1.54, 1.807) is 42.6 Å². The SMILES string of the molecule is COC(=O)c1ccc(/C=N\N2C(=O)C[NH+](C(C)C)[C@@H]2c2ccc(C(=O)OC)cc2)cc1. The lowest BCUT2D eigenvalue weighted by atomic mass is 10.1. The van der Waals surface area contributed by atoms with E-state index in [1.807, 2.05) is 12.1 Å². The number of rotatable bonds is 6. The second kappa shape index (κ2) is 9.53. The van der Waals surface area contributed by atoms with Crippen LogP contribution in [0.2, 0.25) is 0 Å². The largest absolute Gasteiger partial charge is 0.465 e. The van der Waals surface area contributed by atoms with Gasteiger partial charge in [0.1, 0.15) is 0 Å². The first-order chi connectivity index (χ1) is 14.8. The monoisotopic (exact) mass is 424 g/mol. The molecule has 3 rings (SSSR count). The Morgan fingerprint density at radius 1 is 1.00 bits per heavy atom. The number of methoxy groups -OCH3 is 2. The molecule has 1 saturated heterocycles. The Bertz CT molecular complexity index is 983. The van der Waals surface area contributed by atoms with Gasteiger partial charge in [0.05, 0.1) is 37.6 Å². The number of hydrogen-bond donors (Lipinski definition) is 1. The molecule has 1 fully saturated rings. The molecule has 0 radical (unpaired) electrons. The second-order valence-electron chi connectivity index (χ2n) is 7.52. The summed E-state index contributed by atoms with van der Waals surface area (Å²) in [6.45, 7) is 4.42. The van der Waals surface area contributed by atoms with Crippen LogP contribution in [0.3, 0.4) is 0 Å². The second-order valence-corrected chi connectivity index (χ2v) is 7.52. The normalized spacial score (nSPS) is 18.6. The minimum absolute atomic E-state index is 0.0897. The van der Waals surface area contributed by atoms with Gasteiger partial charge in [-0.25, -0.2) is 9.59 Å². The van der Waals surface area contributed by atoms with Crippen molar-refractivity contribution in [2.24, 2.45) is 5.10 Å². The van der Waals surface area contributed by atoms with Crippen molar-refractivity contribution in [3.05, 3.63) is 70.8 Å². The van der Waals surface area contributed by atoms with Crippen LogP contribution in [0.4, 0.5) is 0 Å². The highest BCUT2D eigenvalue weighted by Crippen LogP contribution is 2.21. The molecular weight excluding hydrogens is 398 g/mol. The fourth-order valence-electron chi connectivity index (χ4n) is 3.53. The molecular formula is C23H26N3O5+. The van der Waals surface area contributed by atoms with Crippen LogP contribution in [0.25, 0.3) is 0 Å². The molecule has 2 aromatic carbocycles. The summed E-state index contributed by atoms with van der Waals surface area (Å²) < 4.78 is 9.46. The Labute approximate surface area is 181 Å². The lowest BCUT2D eigenvalue weighted by Crippen LogP contribution is -3.14. The Morgan fingerprint density at radius 2 is 1.52 bits per heavy atom. The number of nitrogens with zero attached hydrogens (tertiary/aromatic N) is 2. The average Bonchev–Trinajstić information content (AvgIpc) is 3.13. The van der Waals surface area contributed by atoms with Gasteiger partial charge in [-0.15, -0.1) is 0 Å². The number of benzene rings is 2. The van der Waals surface area contributed by atoms with Crippen molar-refractivity contribution in [2.45, 2.75) is 26.1 Å². The van der Waals surface area contributed by atoms with Crippen molar-refractivity contribution in [3.8, 4) is 0 Å². The van der Waals surface area contributed by atoms with Gasteiger partial charge in [-0.1, -0.05) is 24.3 Å². The van der Waals surface area contributed by atoms with Crippen molar-refractivity contribution >= 4 is 24.1 Å². The standard InChI is InChI=1S/C23H25N3O5/c1-15(2)25-14-20(27)26(21(25)17-9-11-19(12-10-17)23(29)31-4)24-13-16-5-7-18(8-6-16)22(28)30-3/h5-13,15,21H,14H2,1-4H3/p+1/b24-13-/t21-/m0/s1. The van der Waals surface area contributed by atoms with Gasteiger partial charge in [0.15, 0.2) is 6.54 Å². The van der Waals surface area contributed by atoms with Gasteiger partial charge in [-0.2, -0.15) is 10.1 Å². The molecule has 8 heteroatoms. The van der Waals surface area contributed by atoms with Gasteiger partial charge in [-0.05, 0) is 43.7 Å². The quantitative estimate of drug-likeness (QED) is 0.560. The summed E-state index contributed by atoms with van der Waals surface area (Å²) in [7, 11) is 2.67. The highest BCUT2D eigenvalue weighted by Gasteiger charge is 2.44. The molecule has 0 bridgehead atoms. The van der Waals surface area contributed by atoms with Crippen LogP contribution in [-0.2, 0) is 14.3 Å². The van der Waals surface area contributed by atoms with Gasteiger partial charge >= 0.3 is 17.8 Å². The van der Waals surface area contributed by atoms with Crippen LogP contribution in [0.15, 0.2) is 53.6 Å². The zero-order chi connectivity index (χ0) is 22.5. The Kier molecular flexibility index (Phi) is 6.81. The third kappa shape index (κ3) is 4.80. The van der Waals surface area contributed by atoms with Crippen molar-refractivity contribution in [3.63, 3.8) is 0 Å². The molecule has 1 N–H and O–H groups in total. The Balaban J connectivity index is 1.88. The number of esters is 2. The summed E-state index contributed by atoms with van der Waals surface area (Å²) in [6.07, 6.45) is 1.28. The maximum absolute atomic E-state index is 12.8. The highest BCUT2D eigenvalue weighted by molar-refractivity contribution is 5.91. The Morgan fingerprint density at radius 3 is 2.00 bits per heavy atom. The first kappa shape index (κ1) is 22.2. The van der Waals surface area contributed by atoms with Crippen LogP contribution in [-0.4, -0.2) is 55.9 Å². The molecule has 1 amide bonds. The summed E-state index contributed by atoms with van der Waals surface area (Å²) >= 11 is 0. The molecule has 0 spiro atoms. The molecule has 0 saturated carbocycles. The maximum Gasteiger partial charge on any atom is 0.337 e. The molecule has 31 heavy (non-hydrogen) atoms. The van der Waals surface area contributed by atoms with Crippen molar-refractivity contribution < 1.29 is 28.8 Å². The van der Waals surface area contributed by atoms with Crippen molar-refractivity contribution in [1.29, 1.82) is 0 Å². The Hall–Kier alpha value is -3.52. The number of quaternary nitrogens is 1. The molecule has 1 heterocycles. The van der Waals surface area contributed by atoms with E-state index >= 15 is 0 Å². The molecule has 162 valence electrons. The lowest BCUT2D eigenvalue weighted by molar-refractivity contribution is -0.944. The van der Waals surface area contributed by atoms with Gasteiger partial charge in [-0.3, -0.25) is 4.79 Å². The van der Waals surface area contributed by atoms with Gasteiger partial charge in [0.2, 0.25) is 6.17 Å². The van der Waals surface area contributed by atoms with E-state index in [-0.39, 0.29) is 18.1 Å². The molecule has 2 atom stereocenters. The van der Waals surface area contributed by atoms with Crippen LogP contribution in [0.5, 0.6) is 0 Å². The number of hydrogen-bond acceptors (Lipinski definition) is 6. The van der Waals surface area contributed by atoms with E-state index in [1.165, 1.54) is 19.2 Å². The van der Waals surface area contributed by atoms with Gasteiger partial charge in [0, 0.05) is 5.56 Å². The molecule has 0 aliphatic carbocycles. The highest BCUT2D eigenvalue weighted by atomic mass is 16.5. The minimum atomic E-state index is -0.412. The number of ether oxygens (including phenoxy) is 2. The zero-order valence-corrected chi connectivity index (χ0v) is 18.0. The summed E-state index contributed by atoms with van der Waals surface area (Å²) in [6, 6.07) is 14.0. The fourth-order valence-corrected chi connectivity index (χ4v) is 3.53. The van der Waals surface area contributed by atoms with Crippen LogP contribution < -0.4 is 4.90 Å². The summed E-state index contributed by atoms with van der Waals surface area (Å²) in [5.74, 6) is -0.912. The predicted molar refractivity (Wildman–Crippen MR) is 114 cm³/mol. The predicted octanol–water partition coefficient (Wildman–Crippen LogP) is 1.43. The first-order valence-corrected chi connectivity index (χ1v) is 9.94. The first-order valence-electron chi connectivity index (χ1n) is 9.94. The zero-order valence-electron chi connectivity index (χ0n) is 18.0. The van der Waals surface area contributed by atoms with E-state index in [9.17, 15) is 14.4 Å². The third-order valence-corrected chi connectivity index (χ3v) is 5.26. The van der Waals surface area contributed by atoms with Crippen LogP contribution >= 0.6 is 0 Å². The molecule has 1 unspecified atom stereocenters. The number of carbonyl (C=O) groups excluding carboxylic acids is 3. The van der Waals surface area contributed by atoms with Crippen LogP contribution in [0.1, 0.15) is 51.9 Å². The molecule has 8 nitrogen and oxygen atoms in total. The third-order valence-electron chi connectivity index (χ3n) is 5.26. The number of nitrogens with one attached hydrogen (secondary N) is 1. The lowest BCUT2D eigenvalue weighted by Gasteiger charge is -2.26. The number of hydrazone groups is 1.